The van der Waals surface area contributed by atoms with Crippen molar-refractivity contribution in [3.8, 4) is 22.8 Å². The number of phenolic OH excluding ortho intramolecular Hbond substituents is 1. The molecule has 0 saturated heterocycles. The SMILES string of the molecule is Oc1ccc(C=NNc2nc(-c3ccccc3)cs2)cc1OCc1ccccc1. The minimum absolute atomic E-state index is 0.0958. The van der Waals surface area contributed by atoms with E-state index in [-0.39, 0.29) is 5.75 Å². The minimum Gasteiger partial charge on any atom is -0.504 e. The molecule has 3 aromatic carbocycles. The van der Waals surface area contributed by atoms with Crippen LogP contribution in [-0.4, -0.2) is 16.3 Å². The van der Waals surface area contributed by atoms with Crippen LogP contribution in [0.5, 0.6) is 11.5 Å². The second-order valence-corrected chi connectivity index (χ2v) is 7.13. The van der Waals surface area contributed by atoms with Gasteiger partial charge in [-0.25, -0.2) is 4.98 Å². The van der Waals surface area contributed by atoms with E-state index in [0.717, 1.165) is 22.4 Å². The zero-order valence-corrected chi connectivity index (χ0v) is 16.3. The van der Waals surface area contributed by atoms with E-state index in [1.807, 2.05) is 66.0 Å². The van der Waals surface area contributed by atoms with Gasteiger partial charge in [-0.1, -0.05) is 60.7 Å². The lowest BCUT2D eigenvalue weighted by atomic mass is 10.2. The van der Waals surface area contributed by atoms with Crippen molar-refractivity contribution in [2.75, 3.05) is 5.43 Å². The molecule has 0 bridgehead atoms. The van der Waals surface area contributed by atoms with Crippen LogP contribution in [0.2, 0.25) is 0 Å². The number of hydrazone groups is 1. The Bertz CT molecular complexity index is 1100. The number of rotatable bonds is 7. The molecule has 4 aromatic rings. The summed E-state index contributed by atoms with van der Waals surface area (Å²) in [7, 11) is 0. The first-order valence-corrected chi connectivity index (χ1v) is 9.96. The van der Waals surface area contributed by atoms with Crippen LogP contribution in [0.3, 0.4) is 0 Å². The van der Waals surface area contributed by atoms with Crippen LogP contribution in [0.1, 0.15) is 11.1 Å². The zero-order chi connectivity index (χ0) is 19.9. The van der Waals surface area contributed by atoms with Crippen molar-refractivity contribution < 1.29 is 9.84 Å². The highest BCUT2D eigenvalue weighted by atomic mass is 32.1. The van der Waals surface area contributed by atoms with Crippen LogP contribution in [0, 0.1) is 0 Å². The van der Waals surface area contributed by atoms with Crippen molar-refractivity contribution >= 4 is 22.7 Å². The summed E-state index contributed by atoms with van der Waals surface area (Å²) in [6.07, 6.45) is 1.67. The zero-order valence-electron chi connectivity index (χ0n) is 15.5. The standard InChI is InChI=1S/C23H19N3O2S/c27-21-12-11-18(13-22(21)28-15-17-7-3-1-4-8-17)14-24-26-23-25-20(16-29-23)19-9-5-2-6-10-19/h1-14,16,27H,15H2,(H,25,26). The average Bonchev–Trinajstić information content (AvgIpc) is 3.24. The number of nitrogens with zero attached hydrogens (tertiary/aromatic N) is 2. The van der Waals surface area contributed by atoms with Crippen molar-refractivity contribution in [2.24, 2.45) is 5.10 Å². The molecule has 0 amide bonds. The second kappa shape index (κ2) is 9.03. The number of thiazole rings is 1. The summed E-state index contributed by atoms with van der Waals surface area (Å²) in [5.41, 5.74) is 6.77. The number of hydrogen-bond acceptors (Lipinski definition) is 6. The maximum absolute atomic E-state index is 10.0. The molecule has 0 fully saturated rings. The van der Waals surface area contributed by atoms with E-state index < -0.39 is 0 Å². The third-order valence-corrected chi connectivity index (χ3v) is 4.92. The molecular formula is C23H19N3O2S. The summed E-state index contributed by atoms with van der Waals surface area (Å²) in [5, 5.41) is 17.0. The number of aromatic nitrogens is 1. The van der Waals surface area contributed by atoms with Gasteiger partial charge in [-0.15, -0.1) is 11.3 Å². The lowest BCUT2D eigenvalue weighted by Crippen LogP contribution is -1.96. The Morgan fingerprint density at radius 2 is 1.76 bits per heavy atom. The first kappa shape index (κ1) is 18.7. The molecule has 29 heavy (non-hydrogen) atoms. The number of anilines is 1. The number of hydrogen-bond donors (Lipinski definition) is 2. The molecule has 0 atom stereocenters. The molecule has 2 N–H and O–H groups in total. The summed E-state index contributed by atoms with van der Waals surface area (Å²) in [6.45, 7) is 0.384. The Hall–Kier alpha value is -3.64. The van der Waals surface area contributed by atoms with Gasteiger partial charge in [0.2, 0.25) is 5.13 Å². The average molecular weight is 401 g/mol. The molecule has 5 nitrogen and oxygen atoms in total. The third-order valence-electron chi connectivity index (χ3n) is 4.17. The molecule has 4 rings (SSSR count). The highest BCUT2D eigenvalue weighted by molar-refractivity contribution is 7.14. The first-order chi connectivity index (χ1) is 14.3. The van der Waals surface area contributed by atoms with Gasteiger partial charge < -0.3 is 9.84 Å². The fraction of sp³-hybridized carbons (Fsp3) is 0.0435. The summed E-state index contributed by atoms with van der Waals surface area (Å²) in [4.78, 5) is 4.54. The van der Waals surface area contributed by atoms with Gasteiger partial charge >= 0.3 is 0 Å². The van der Waals surface area contributed by atoms with Gasteiger partial charge in [0.15, 0.2) is 11.5 Å². The summed E-state index contributed by atoms with van der Waals surface area (Å²) in [5.74, 6) is 0.511. The summed E-state index contributed by atoms with van der Waals surface area (Å²) >= 11 is 1.49. The molecule has 0 aliphatic heterocycles. The fourth-order valence-electron chi connectivity index (χ4n) is 2.69. The molecule has 0 spiro atoms. The van der Waals surface area contributed by atoms with E-state index in [4.69, 9.17) is 4.74 Å². The summed E-state index contributed by atoms with van der Waals surface area (Å²) in [6, 6.07) is 24.9. The van der Waals surface area contributed by atoms with Crippen LogP contribution in [0.4, 0.5) is 5.13 Å². The number of ether oxygens (including phenoxy) is 1. The monoisotopic (exact) mass is 401 g/mol. The molecule has 0 unspecified atom stereocenters. The van der Waals surface area contributed by atoms with Crippen LogP contribution in [0.25, 0.3) is 11.3 Å². The number of nitrogens with one attached hydrogen (secondary N) is 1. The van der Waals surface area contributed by atoms with E-state index in [0.29, 0.717) is 17.5 Å². The van der Waals surface area contributed by atoms with Crippen molar-refractivity contribution in [3.63, 3.8) is 0 Å². The molecule has 0 aliphatic rings. The Morgan fingerprint density at radius 1 is 1.00 bits per heavy atom. The summed E-state index contributed by atoms with van der Waals surface area (Å²) < 4.78 is 5.74. The molecular weight excluding hydrogens is 382 g/mol. The predicted molar refractivity (Wildman–Crippen MR) is 118 cm³/mol. The molecule has 0 aliphatic carbocycles. The molecule has 144 valence electrons. The van der Waals surface area contributed by atoms with Crippen molar-refractivity contribution in [2.45, 2.75) is 6.61 Å². The Balaban J connectivity index is 1.39. The number of aromatic hydroxyl groups is 1. The Kier molecular flexibility index (Phi) is 5.83. The van der Waals surface area contributed by atoms with Gasteiger partial charge in [-0.05, 0) is 29.3 Å². The first-order valence-electron chi connectivity index (χ1n) is 9.08. The van der Waals surface area contributed by atoms with Gasteiger partial charge in [-0.2, -0.15) is 5.10 Å². The van der Waals surface area contributed by atoms with Crippen LogP contribution < -0.4 is 10.2 Å². The van der Waals surface area contributed by atoms with E-state index >= 15 is 0 Å². The van der Waals surface area contributed by atoms with Gasteiger partial charge in [0.25, 0.3) is 0 Å². The Morgan fingerprint density at radius 3 is 2.55 bits per heavy atom. The Labute approximate surface area is 173 Å². The number of benzene rings is 3. The van der Waals surface area contributed by atoms with Crippen LogP contribution in [-0.2, 0) is 6.61 Å². The van der Waals surface area contributed by atoms with E-state index in [2.05, 4.69) is 15.5 Å². The molecule has 6 heteroatoms. The minimum atomic E-state index is 0.0958. The van der Waals surface area contributed by atoms with Crippen molar-refractivity contribution in [1.29, 1.82) is 0 Å². The van der Waals surface area contributed by atoms with E-state index in [9.17, 15) is 5.11 Å². The van der Waals surface area contributed by atoms with E-state index in [1.165, 1.54) is 11.3 Å². The smallest absolute Gasteiger partial charge is 0.203 e. The molecule has 0 radical (unpaired) electrons. The molecule has 1 heterocycles. The van der Waals surface area contributed by atoms with Crippen LogP contribution >= 0.6 is 11.3 Å². The quantitative estimate of drug-likeness (QED) is 0.315. The maximum Gasteiger partial charge on any atom is 0.203 e. The van der Waals surface area contributed by atoms with Gasteiger partial charge in [-0.3, -0.25) is 5.43 Å². The lowest BCUT2D eigenvalue weighted by molar-refractivity contribution is 0.289. The second-order valence-electron chi connectivity index (χ2n) is 6.28. The predicted octanol–water partition coefficient (Wildman–Crippen LogP) is 5.54. The normalized spacial score (nSPS) is 10.9. The maximum atomic E-state index is 10.0. The topological polar surface area (TPSA) is 66.7 Å². The lowest BCUT2D eigenvalue weighted by Gasteiger charge is -2.08. The van der Waals surface area contributed by atoms with Gasteiger partial charge in [0.05, 0.1) is 11.9 Å². The largest absolute Gasteiger partial charge is 0.504 e. The molecule has 0 saturated carbocycles. The third kappa shape index (κ3) is 5.00. The van der Waals surface area contributed by atoms with E-state index in [1.54, 1.807) is 24.4 Å². The van der Waals surface area contributed by atoms with Crippen molar-refractivity contribution in [3.05, 3.63) is 95.4 Å². The van der Waals surface area contributed by atoms with Crippen molar-refractivity contribution in [1.82, 2.24) is 4.98 Å². The van der Waals surface area contributed by atoms with Gasteiger partial charge in [0.1, 0.15) is 6.61 Å². The highest BCUT2D eigenvalue weighted by Crippen LogP contribution is 2.27. The fourth-order valence-corrected chi connectivity index (χ4v) is 3.36. The van der Waals surface area contributed by atoms with Crippen LogP contribution in [0.15, 0.2) is 89.3 Å². The number of phenols is 1. The molecule has 1 aromatic heterocycles. The van der Waals surface area contributed by atoms with Gasteiger partial charge in [0, 0.05) is 10.9 Å². The highest BCUT2D eigenvalue weighted by Gasteiger charge is 2.05.